The van der Waals surface area contributed by atoms with Gasteiger partial charge in [0.15, 0.2) is 0 Å². The highest BCUT2D eigenvalue weighted by Crippen LogP contribution is 2.35. The predicted octanol–water partition coefficient (Wildman–Crippen LogP) is 4.61. The van der Waals surface area contributed by atoms with Gasteiger partial charge in [0.25, 0.3) is 15.6 Å². The molecular formula is C29H25N5O3S. The van der Waals surface area contributed by atoms with Gasteiger partial charge >= 0.3 is 0 Å². The van der Waals surface area contributed by atoms with Crippen molar-refractivity contribution in [2.45, 2.75) is 30.7 Å². The lowest BCUT2D eigenvalue weighted by atomic mass is 10.0. The highest BCUT2D eigenvalue weighted by atomic mass is 32.2. The average molecular weight is 524 g/mol. The van der Waals surface area contributed by atoms with Gasteiger partial charge in [0, 0.05) is 30.4 Å². The fraction of sp³-hybridized carbons (Fsp3) is 0.207. The molecule has 38 heavy (non-hydrogen) atoms. The number of para-hydroxylation sites is 1. The van der Waals surface area contributed by atoms with Crippen LogP contribution in [0.15, 0.2) is 88.9 Å². The minimum atomic E-state index is -3.91. The van der Waals surface area contributed by atoms with Crippen molar-refractivity contribution in [1.29, 1.82) is 5.26 Å². The zero-order valence-electron chi connectivity index (χ0n) is 20.8. The Labute approximate surface area is 220 Å². The molecule has 8 nitrogen and oxygen atoms in total. The number of aromatic nitrogens is 3. The van der Waals surface area contributed by atoms with E-state index in [2.05, 4.69) is 16.0 Å². The maximum absolute atomic E-state index is 13.6. The highest BCUT2D eigenvalue weighted by Gasteiger charge is 2.27. The largest absolute Gasteiger partial charge is 0.369 e. The SMILES string of the molecule is Cc1ccc(S(=O)(=O)n2ccc3c(N4CCC[C@@H](n5cnc6ccccc6c5=O)C4)ccc(C#N)c32)cc1. The number of rotatable bonds is 4. The van der Waals surface area contributed by atoms with E-state index in [9.17, 15) is 18.5 Å². The first-order valence-corrected chi connectivity index (χ1v) is 13.9. The van der Waals surface area contributed by atoms with Gasteiger partial charge in [-0.2, -0.15) is 5.26 Å². The van der Waals surface area contributed by atoms with Gasteiger partial charge in [-0.15, -0.1) is 0 Å². The van der Waals surface area contributed by atoms with E-state index in [4.69, 9.17) is 0 Å². The number of nitrogens with zero attached hydrogens (tertiary/aromatic N) is 5. The van der Waals surface area contributed by atoms with Gasteiger partial charge in [0.1, 0.15) is 6.07 Å². The molecule has 3 aromatic carbocycles. The van der Waals surface area contributed by atoms with E-state index in [1.165, 1.54) is 10.2 Å². The molecule has 0 saturated carbocycles. The quantitative estimate of drug-likeness (QED) is 0.341. The second-order valence-electron chi connectivity index (χ2n) is 9.65. The second-order valence-corrected chi connectivity index (χ2v) is 11.5. The molecule has 0 amide bonds. The highest BCUT2D eigenvalue weighted by molar-refractivity contribution is 7.90. The molecule has 0 aliphatic carbocycles. The summed E-state index contributed by atoms with van der Waals surface area (Å²) in [4.78, 5) is 20.1. The maximum atomic E-state index is 13.6. The monoisotopic (exact) mass is 523 g/mol. The molecule has 0 bridgehead atoms. The third-order valence-corrected chi connectivity index (χ3v) is 9.00. The summed E-state index contributed by atoms with van der Waals surface area (Å²) in [5, 5.41) is 11.1. The third-order valence-electron chi connectivity index (χ3n) is 7.31. The molecule has 2 aromatic heterocycles. The van der Waals surface area contributed by atoms with Gasteiger partial charge in [-0.1, -0.05) is 29.8 Å². The molecule has 9 heteroatoms. The molecule has 0 radical (unpaired) electrons. The smallest absolute Gasteiger partial charge is 0.268 e. The molecule has 5 aromatic rings. The first-order chi connectivity index (χ1) is 18.4. The molecule has 1 fully saturated rings. The molecule has 1 aliphatic heterocycles. The van der Waals surface area contributed by atoms with Gasteiger partial charge < -0.3 is 4.90 Å². The standard InChI is InChI=1S/C29H25N5O3S/c1-20-8-11-23(12-9-20)38(36,37)34-16-14-25-27(13-10-21(17-30)28(25)34)32-15-4-5-22(18-32)33-19-31-26-7-3-2-6-24(26)29(33)35/h2-3,6-14,16,19,22H,4-5,15,18H2,1H3/t22-/m1/s1. The minimum absolute atomic E-state index is 0.0669. The normalized spacial score (nSPS) is 16.1. The van der Waals surface area contributed by atoms with Crippen molar-refractivity contribution in [1.82, 2.24) is 13.5 Å². The summed E-state index contributed by atoms with van der Waals surface area (Å²) >= 11 is 0. The van der Waals surface area contributed by atoms with E-state index in [0.717, 1.165) is 30.6 Å². The van der Waals surface area contributed by atoms with Crippen molar-refractivity contribution < 1.29 is 8.42 Å². The van der Waals surface area contributed by atoms with Crippen LogP contribution in [0.4, 0.5) is 5.69 Å². The van der Waals surface area contributed by atoms with E-state index in [1.807, 2.05) is 31.2 Å². The lowest BCUT2D eigenvalue weighted by Crippen LogP contribution is -2.40. The zero-order chi connectivity index (χ0) is 26.4. The fourth-order valence-corrected chi connectivity index (χ4v) is 6.71. The van der Waals surface area contributed by atoms with Crippen molar-refractivity contribution in [2.75, 3.05) is 18.0 Å². The molecule has 6 rings (SSSR count). The molecule has 1 saturated heterocycles. The number of hydrogen-bond donors (Lipinski definition) is 0. The number of benzene rings is 3. The zero-order valence-corrected chi connectivity index (χ0v) is 21.6. The van der Waals surface area contributed by atoms with Crippen LogP contribution < -0.4 is 10.5 Å². The number of hydrogen-bond acceptors (Lipinski definition) is 6. The molecular weight excluding hydrogens is 498 g/mol. The minimum Gasteiger partial charge on any atom is -0.369 e. The Morgan fingerprint density at radius 1 is 1.00 bits per heavy atom. The van der Waals surface area contributed by atoms with Crippen LogP contribution in [-0.2, 0) is 10.0 Å². The Morgan fingerprint density at radius 3 is 2.58 bits per heavy atom. The second kappa shape index (κ2) is 9.15. The van der Waals surface area contributed by atoms with Gasteiger partial charge in [-0.25, -0.2) is 17.4 Å². The Balaban J connectivity index is 1.42. The molecule has 190 valence electrons. The van der Waals surface area contributed by atoms with E-state index in [-0.39, 0.29) is 22.1 Å². The summed E-state index contributed by atoms with van der Waals surface area (Å²) in [5.74, 6) is 0. The topological polar surface area (TPSA) is 101 Å². The molecule has 0 unspecified atom stereocenters. The molecule has 1 aliphatic rings. The summed E-state index contributed by atoms with van der Waals surface area (Å²) < 4.78 is 30.0. The average Bonchev–Trinajstić information content (AvgIpc) is 3.40. The third kappa shape index (κ3) is 3.85. The number of aryl methyl sites for hydroxylation is 1. The number of anilines is 1. The first kappa shape index (κ1) is 23.9. The number of fused-ring (bicyclic) bond motifs is 2. The van der Waals surface area contributed by atoms with Gasteiger partial charge in [0.05, 0.1) is 39.2 Å². The summed E-state index contributed by atoms with van der Waals surface area (Å²) in [6, 6.07) is 21.4. The Kier molecular flexibility index (Phi) is 5.77. The van der Waals surface area contributed by atoms with E-state index in [0.29, 0.717) is 28.4 Å². The molecule has 0 N–H and O–H groups in total. The lowest BCUT2D eigenvalue weighted by Gasteiger charge is -2.35. The van der Waals surface area contributed by atoms with Crippen LogP contribution in [0.5, 0.6) is 0 Å². The van der Waals surface area contributed by atoms with Crippen molar-refractivity contribution in [3.05, 3.63) is 101 Å². The van der Waals surface area contributed by atoms with Crippen molar-refractivity contribution >= 4 is 37.5 Å². The fourth-order valence-electron chi connectivity index (χ4n) is 5.35. The van der Waals surface area contributed by atoms with Gasteiger partial charge in [-0.05, 0) is 62.2 Å². The van der Waals surface area contributed by atoms with Crippen molar-refractivity contribution in [2.24, 2.45) is 0 Å². The van der Waals surface area contributed by atoms with Crippen LogP contribution in [0.1, 0.15) is 30.0 Å². The predicted molar refractivity (Wildman–Crippen MR) is 147 cm³/mol. The molecule has 1 atom stereocenters. The van der Waals surface area contributed by atoms with Crippen LogP contribution in [-0.4, -0.2) is 35.0 Å². The summed E-state index contributed by atoms with van der Waals surface area (Å²) in [5.41, 5.74) is 3.05. The van der Waals surface area contributed by atoms with Crippen LogP contribution in [0.2, 0.25) is 0 Å². The van der Waals surface area contributed by atoms with Crippen LogP contribution >= 0.6 is 0 Å². The maximum Gasteiger partial charge on any atom is 0.268 e. The summed E-state index contributed by atoms with van der Waals surface area (Å²) in [7, 11) is -3.91. The lowest BCUT2D eigenvalue weighted by molar-refractivity contribution is 0.395. The Bertz CT molecular complexity index is 1900. The number of piperidine rings is 1. The van der Waals surface area contributed by atoms with E-state index in [1.54, 1.807) is 53.4 Å². The Hall–Kier alpha value is -4.42. The van der Waals surface area contributed by atoms with Crippen LogP contribution in [0, 0.1) is 18.3 Å². The summed E-state index contributed by atoms with van der Waals surface area (Å²) in [6.07, 6.45) is 4.83. The van der Waals surface area contributed by atoms with E-state index >= 15 is 0 Å². The Morgan fingerprint density at radius 2 is 1.79 bits per heavy atom. The number of nitriles is 1. The van der Waals surface area contributed by atoms with Crippen molar-refractivity contribution in [3.8, 4) is 6.07 Å². The van der Waals surface area contributed by atoms with Crippen molar-refractivity contribution in [3.63, 3.8) is 0 Å². The molecule has 0 spiro atoms. The molecule has 3 heterocycles. The van der Waals surface area contributed by atoms with Crippen LogP contribution in [0.25, 0.3) is 21.8 Å². The van der Waals surface area contributed by atoms with E-state index < -0.39 is 10.0 Å². The first-order valence-electron chi connectivity index (χ1n) is 12.5. The van der Waals surface area contributed by atoms with Gasteiger partial charge in [0.2, 0.25) is 0 Å². The van der Waals surface area contributed by atoms with Gasteiger partial charge in [-0.3, -0.25) is 9.36 Å². The summed E-state index contributed by atoms with van der Waals surface area (Å²) in [6.45, 7) is 3.22. The van der Waals surface area contributed by atoms with Crippen LogP contribution in [0.3, 0.4) is 0 Å².